The van der Waals surface area contributed by atoms with E-state index in [2.05, 4.69) is 22.6 Å². The third kappa shape index (κ3) is 5.17. The number of benzene rings is 4. The van der Waals surface area contributed by atoms with E-state index < -0.39 is 0 Å². The summed E-state index contributed by atoms with van der Waals surface area (Å²) in [7, 11) is 0. The zero-order chi connectivity index (χ0) is 25.7. The lowest BCUT2D eigenvalue weighted by Crippen LogP contribution is -2.09. The van der Waals surface area contributed by atoms with Gasteiger partial charge in [-0.15, -0.1) is 0 Å². The molecule has 0 unspecified atom stereocenters. The summed E-state index contributed by atoms with van der Waals surface area (Å²) in [4.78, 5) is 0. The number of rotatable bonds is 11. The summed E-state index contributed by atoms with van der Waals surface area (Å²) in [6, 6.07) is 16.2. The van der Waals surface area contributed by atoms with Crippen molar-refractivity contribution in [3.05, 3.63) is 68.8 Å². The van der Waals surface area contributed by atoms with E-state index in [4.69, 9.17) is 18.9 Å². The van der Waals surface area contributed by atoms with Crippen LogP contribution < -0.4 is 9.47 Å². The van der Waals surface area contributed by atoms with Crippen LogP contribution in [0.4, 0.5) is 0 Å². The molecule has 0 aromatic heterocycles. The van der Waals surface area contributed by atoms with E-state index in [1.165, 1.54) is 0 Å². The maximum Gasteiger partial charge on any atom is 0.189 e. The third-order valence-electron chi connectivity index (χ3n) is 6.18. The molecule has 0 atom stereocenters. The summed E-state index contributed by atoms with van der Waals surface area (Å²) >= 11 is 2.28. The van der Waals surface area contributed by atoms with Crippen LogP contribution in [0.5, 0.6) is 11.5 Å². The van der Waals surface area contributed by atoms with Crippen LogP contribution in [0.25, 0.3) is 32.7 Å². The lowest BCUT2D eigenvalue weighted by atomic mass is 9.90. The monoisotopic (exact) mass is 602 g/mol. The van der Waals surface area contributed by atoms with Crippen LogP contribution in [0.2, 0.25) is 0 Å². The van der Waals surface area contributed by atoms with Crippen molar-refractivity contribution in [2.45, 2.75) is 34.0 Å². The van der Waals surface area contributed by atoms with Crippen molar-refractivity contribution in [3.8, 4) is 22.6 Å². The highest BCUT2D eigenvalue weighted by molar-refractivity contribution is 14.1. The maximum atomic E-state index is 10.5. The van der Waals surface area contributed by atoms with Gasteiger partial charge in [-0.25, -0.2) is 0 Å². The highest BCUT2D eigenvalue weighted by atomic mass is 127. The highest BCUT2D eigenvalue weighted by Gasteiger charge is 2.24. The first-order valence-electron chi connectivity index (χ1n) is 12.0. The van der Waals surface area contributed by atoms with Gasteiger partial charge in [0, 0.05) is 44.4 Å². The molecule has 0 aliphatic heterocycles. The molecule has 0 bridgehead atoms. The van der Waals surface area contributed by atoms with Crippen molar-refractivity contribution in [2.75, 3.05) is 26.8 Å². The van der Waals surface area contributed by atoms with Crippen molar-refractivity contribution in [2.24, 2.45) is 0 Å². The molecule has 190 valence electrons. The summed E-state index contributed by atoms with van der Waals surface area (Å²) < 4.78 is 24.4. The molecule has 6 nitrogen and oxygen atoms in total. The number of halogens is 1. The fourth-order valence-corrected chi connectivity index (χ4v) is 5.44. The molecule has 4 aromatic carbocycles. The van der Waals surface area contributed by atoms with Crippen LogP contribution in [-0.2, 0) is 22.7 Å². The fourth-order valence-electron chi connectivity index (χ4n) is 4.60. The Kier molecular flexibility index (Phi) is 9.03. The number of hydrogen-bond acceptors (Lipinski definition) is 6. The normalized spacial score (nSPS) is 11.4. The van der Waals surface area contributed by atoms with E-state index in [0.717, 1.165) is 41.8 Å². The summed E-state index contributed by atoms with van der Waals surface area (Å²) in [5.41, 5.74) is 3.90. The quantitative estimate of drug-likeness (QED) is 0.119. The Bertz CT molecular complexity index is 1260. The molecule has 4 rings (SSSR count). The van der Waals surface area contributed by atoms with Crippen molar-refractivity contribution in [3.63, 3.8) is 0 Å². The van der Waals surface area contributed by atoms with Crippen LogP contribution in [0, 0.1) is 10.5 Å². The topological polar surface area (TPSA) is 77.4 Å². The van der Waals surface area contributed by atoms with Gasteiger partial charge in [0.2, 0.25) is 0 Å². The lowest BCUT2D eigenvalue weighted by molar-refractivity contribution is 0.0203. The Morgan fingerprint density at radius 3 is 1.75 bits per heavy atom. The molecule has 0 aliphatic carbocycles. The highest BCUT2D eigenvalue weighted by Crippen LogP contribution is 2.47. The zero-order valence-corrected chi connectivity index (χ0v) is 22.9. The van der Waals surface area contributed by atoms with Gasteiger partial charge in [-0.3, -0.25) is 0 Å². The Morgan fingerprint density at radius 1 is 0.722 bits per heavy atom. The number of hydrogen-bond donors (Lipinski definition) is 2. The maximum absolute atomic E-state index is 10.5. The van der Waals surface area contributed by atoms with Crippen molar-refractivity contribution < 1.29 is 29.2 Å². The molecule has 0 saturated carbocycles. The molecular weight excluding hydrogens is 571 g/mol. The molecule has 0 saturated heterocycles. The SMILES string of the molecule is CCOCOc1c(-c2cc3cccc(I)c3c(CO)c2OCOCC)cc2cccc(C)c2c1CO. The van der Waals surface area contributed by atoms with E-state index in [0.29, 0.717) is 35.8 Å². The number of aryl methyl sites for hydroxylation is 1. The first-order valence-corrected chi connectivity index (χ1v) is 13.1. The second kappa shape index (κ2) is 12.2. The first-order chi connectivity index (χ1) is 17.5. The molecule has 0 aliphatic rings. The molecular formula is C29H31IO6. The average Bonchev–Trinajstić information content (AvgIpc) is 2.88. The summed E-state index contributed by atoms with van der Waals surface area (Å²) in [5, 5.41) is 24.8. The third-order valence-corrected chi connectivity index (χ3v) is 7.08. The first kappa shape index (κ1) is 26.6. The van der Waals surface area contributed by atoms with Gasteiger partial charge in [0.1, 0.15) is 11.5 Å². The molecule has 0 fully saturated rings. The number of fused-ring (bicyclic) bond motifs is 2. The molecule has 0 spiro atoms. The Hall–Kier alpha value is -2.43. The second-order valence-corrected chi connectivity index (χ2v) is 9.46. The van der Waals surface area contributed by atoms with Gasteiger partial charge in [-0.1, -0.05) is 30.3 Å². The largest absolute Gasteiger partial charge is 0.466 e. The van der Waals surface area contributed by atoms with E-state index in [-0.39, 0.29) is 26.8 Å². The van der Waals surface area contributed by atoms with Crippen LogP contribution in [0.15, 0.2) is 48.5 Å². The standard InChI is InChI=1S/C29H31IO6/c1-4-33-16-35-28-21(12-19-9-6-8-18(3)26(19)23(28)14-31)22-13-20-10-7-11-25(30)27(20)24(15-32)29(22)36-17-34-5-2/h6-13,31-32H,4-5,14-17H2,1-3H3. The van der Waals surface area contributed by atoms with Crippen LogP contribution in [0.3, 0.4) is 0 Å². The van der Waals surface area contributed by atoms with Gasteiger partial charge < -0.3 is 29.2 Å². The van der Waals surface area contributed by atoms with Gasteiger partial charge in [0.05, 0.1) is 13.2 Å². The predicted molar refractivity (Wildman–Crippen MR) is 150 cm³/mol. The van der Waals surface area contributed by atoms with E-state index in [1.54, 1.807) is 0 Å². The van der Waals surface area contributed by atoms with E-state index >= 15 is 0 Å². The number of aliphatic hydroxyl groups is 2. The van der Waals surface area contributed by atoms with Crippen LogP contribution in [0.1, 0.15) is 30.5 Å². The Morgan fingerprint density at radius 2 is 1.22 bits per heavy atom. The second-order valence-electron chi connectivity index (χ2n) is 8.30. The minimum atomic E-state index is -0.208. The van der Waals surface area contributed by atoms with Crippen molar-refractivity contribution >= 4 is 44.1 Å². The lowest BCUT2D eigenvalue weighted by Gasteiger charge is -2.23. The van der Waals surface area contributed by atoms with Crippen molar-refractivity contribution in [1.29, 1.82) is 0 Å². The minimum Gasteiger partial charge on any atom is -0.466 e. The summed E-state index contributed by atoms with van der Waals surface area (Å²) in [6.45, 7) is 6.50. The molecule has 36 heavy (non-hydrogen) atoms. The van der Waals surface area contributed by atoms with Gasteiger partial charge >= 0.3 is 0 Å². The van der Waals surface area contributed by atoms with Gasteiger partial charge in [-0.05, 0) is 83.3 Å². The van der Waals surface area contributed by atoms with Gasteiger partial charge in [-0.2, -0.15) is 0 Å². The summed E-state index contributed by atoms with van der Waals surface area (Å²) in [6.07, 6.45) is 0. The number of aliphatic hydroxyl groups excluding tert-OH is 2. The molecule has 0 heterocycles. The van der Waals surface area contributed by atoms with Gasteiger partial charge in [0.15, 0.2) is 13.6 Å². The van der Waals surface area contributed by atoms with E-state index in [1.807, 2.05) is 69.3 Å². The average molecular weight is 602 g/mol. The molecule has 0 radical (unpaired) electrons. The Labute approximate surface area is 224 Å². The predicted octanol–water partition coefficient (Wildman–Crippen LogP) is 6.30. The van der Waals surface area contributed by atoms with E-state index in [9.17, 15) is 10.2 Å². The molecule has 2 N–H and O–H groups in total. The molecule has 7 heteroatoms. The zero-order valence-electron chi connectivity index (χ0n) is 20.8. The minimum absolute atomic E-state index is 0.0418. The van der Waals surface area contributed by atoms with Gasteiger partial charge in [0.25, 0.3) is 0 Å². The van der Waals surface area contributed by atoms with Crippen LogP contribution in [-0.4, -0.2) is 37.0 Å². The Balaban J connectivity index is 2.09. The summed E-state index contributed by atoms with van der Waals surface area (Å²) in [5.74, 6) is 1.06. The van der Waals surface area contributed by atoms with Crippen LogP contribution >= 0.6 is 22.6 Å². The molecule has 4 aromatic rings. The smallest absolute Gasteiger partial charge is 0.189 e. The number of ether oxygens (including phenoxy) is 4. The molecule has 0 amide bonds. The van der Waals surface area contributed by atoms with Crippen molar-refractivity contribution in [1.82, 2.24) is 0 Å². The fraction of sp³-hybridized carbons (Fsp3) is 0.310.